The van der Waals surface area contributed by atoms with Gasteiger partial charge in [-0.05, 0) is 25.1 Å². The number of hydrogen-bond donors (Lipinski definition) is 0. The molecule has 1 atom stereocenters. The maximum atomic E-state index is 6.08. The Morgan fingerprint density at radius 2 is 2.28 bits per heavy atom. The maximum Gasteiger partial charge on any atom is 0.147 e. The van der Waals surface area contributed by atoms with Gasteiger partial charge in [0.2, 0.25) is 0 Å². The number of rotatable bonds is 4. The fourth-order valence-corrected chi connectivity index (χ4v) is 2.91. The molecule has 6 heteroatoms. The first kappa shape index (κ1) is 14.1. The molecular formula is C12H10BrCl2NOS. The molecular weight excluding hydrogens is 357 g/mol. The minimum absolute atomic E-state index is 0.154. The Balaban J connectivity index is 2.15. The van der Waals surface area contributed by atoms with Crippen molar-refractivity contribution >= 4 is 50.5 Å². The minimum atomic E-state index is -0.154. The van der Waals surface area contributed by atoms with Crippen LogP contribution in [0.4, 0.5) is 0 Å². The molecule has 1 aromatic heterocycles. The Labute approximate surface area is 128 Å². The summed E-state index contributed by atoms with van der Waals surface area (Å²) in [6.45, 7) is 1.94. The summed E-state index contributed by atoms with van der Waals surface area (Å²) in [6.07, 6.45) is -0.154. The van der Waals surface area contributed by atoms with Crippen LogP contribution in [0.15, 0.2) is 28.1 Å². The minimum Gasteiger partial charge on any atom is -0.482 e. The summed E-state index contributed by atoms with van der Waals surface area (Å²) in [5.41, 5.74) is 0.868. The number of benzene rings is 1. The maximum absolute atomic E-state index is 6.08. The average molecular weight is 367 g/mol. The predicted molar refractivity (Wildman–Crippen MR) is 79.9 cm³/mol. The monoisotopic (exact) mass is 365 g/mol. The summed E-state index contributed by atoms with van der Waals surface area (Å²) in [7, 11) is 0. The van der Waals surface area contributed by atoms with Gasteiger partial charge in [-0.15, -0.1) is 22.9 Å². The highest BCUT2D eigenvalue weighted by Crippen LogP contribution is 2.32. The first-order valence-electron chi connectivity index (χ1n) is 5.22. The normalized spacial score (nSPS) is 12.4. The van der Waals surface area contributed by atoms with Crippen molar-refractivity contribution in [2.24, 2.45) is 0 Å². The van der Waals surface area contributed by atoms with Crippen LogP contribution in [-0.4, -0.2) is 4.98 Å². The van der Waals surface area contributed by atoms with Crippen molar-refractivity contribution in [3.63, 3.8) is 0 Å². The number of hydrogen-bond acceptors (Lipinski definition) is 3. The standard InChI is InChI=1S/C12H10BrCl2NOS/c1-7(12-16-9(5-14)6-18-12)17-11-4-8(13)2-3-10(11)15/h2-4,6-7H,5H2,1H3. The van der Waals surface area contributed by atoms with Crippen LogP contribution in [0.2, 0.25) is 5.02 Å². The van der Waals surface area contributed by atoms with Crippen molar-refractivity contribution in [2.45, 2.75) is 18.9 Å². The van der Waals surface area contributed by atoms with Crippen molar-refractivity contribution < 1.29 is 4.74 Å². The highest BCUT2D eigenvalue weighted by Gasteiger charge is 2.14. The lowest BCUT2D eigenvalue weighted by atomic mass is 10.3. The lowest BCUT2D eigenvalue weighted by Crippen LogP contribution is -2.03. The van der Waals surface area contributed by atoms with Crippen LogP contribution >= 0.6 is 50.5 Å². The zero-order valence-electron chi connectivity index (χ0n) is 9.49. The van der Waals surface area contributed by atoms with Crippen LogP contribution in [0.3, 0.4) is 0 Å². The van der Waals surface area contributed by atoms with Crippen molar-refractivity contribution in [1.29, 1.82) is 0 Å². The van der Waals surface area contributed by atoms with E-state index in [9.17, 15) is 0 Å². The first-order chi connectivity index (χ1) is 8.60. The number of thiazole rings is 1. The lowest BCUT2D eigenvalue weighted by molar-refractivity contribution is 0.226. The molecule has 0 amide bonds. The van der Waals surface area contributed by atoms with Gasteiger partial charge in [-0.25, -0.2) is 4.98 Å². The van der Waals surface area contributed by atoms with Gasteiger partial charge >= 0.3 is 0 Å². The highest BCUT2D eigenvalue weighted by molar-refractivity contribution is 9.10. The Kier molecular flexibility index (Phi) is 4.90. The van der Waals surface area contributed by atoms with Crippen LogP contribution in [0.1, 0.15) is 23.7 Å². The smallest absolute Gasteiger partial charge is 0.147 e. The molecule has 2 rings (SSSR count). The lowest BCUT2D eigenvalue weighted by Gasteiger charge is -2.13. The second kappa shape index (κ2) is 6.24. The van der Waals surface area contributed by atoms with Gasteiger partial charge < -0.3 is 4.74 Å². The van der Waals surface area contributed by atoms with Gasteiger partial charge in [0, 0.05) is 9.85 Å². The van der Waals surface area contributed by atoms with E-state index < -0.39 is 0 Å². The van der Waals surface area contributed by atoms with Crippen LogP contribution in [0.25, 0.3) is 0 Å². The predicted octanol–water partition coefficient (Wildman–Crippen LogP) is 5.44. The molecule has 0 spiro atoms. The first-order valence-corrected chi connectivity index (χ1v) is 7.80. The Hall–Kier alpha value is -0.290. The molecule has 0 aliphatic rings. The van der Waals surface area contributed by atoms with E-state index in [2.05, 4.69) is 20.9 Å². The van der Waals surface area contributed by atoms with Crippen LogP contribution in [0.5, 0.6) is 5.75 Å². The zero-order valence-corrected chi connectivity index (χ0v) is 13.4. The Morgan fingerprint density at radius 3 is 2.94 bits per heavy atom. The third-order valence-corrected chi connectivity index (χ3v) is 4.39. The largest absolute Gasteiger partial charge is 0.482 e. The Morgan fingerprint density at radius 1 is 1.50 bits per heavy atom. The van der Waals surface area contributed by atoms with Gasteiger partial charge in [0.1, 0.15) is 16.9 Å². The van der Waals surface area contributed by atoms with Crippen molar-refractivity contribution in [1.82, 2.24) is 4.98 Å². The van der Waals surface area contributed by atoms with Gasteiger partial charge in [0.05, 0.1) is 16.6 Å². The molecule has 0 aliphatic carbocycles. The zero-order chi connectivity index (χ0) is 13.1. The molecule has 1 aromatic carbocycles. The van der Waals surface area contributed by atoms with Crippen molar-refractivity contribution in [3.05, 3.63) is 43.8 Å². The van der Waals surface area contributed by atoms with Crippen LogP contribution in [-0.2, 0) is 5.88 Å². The molecule has 0 aliphatic heterocycles. The quantitative estimate of drug-likeness (QED) is 0.672. The summed E-state index contributed by atoms with van der Waals surface area (Å²) in [5.74, 6) is 1.06. The third kappa shape index (κ3) is 3.38. The summed E-state index contributed by atoms with van der Waals surface area (Å²) < 4.78 is 6.74. The fourth-order valence-electron chi connectivity index (χ4n) is 1.38. The van der Waals surface area contributed by atoms with E-state index in [-0.39, 0.29) is 6.10 Å². The topological polar surface area (TPSA) is 22.1 Å². The van der Waals surface area contributed by atoms with Crippen molar-refractivity contribution in [3.8, 4) is 5.75 Å². The molecule has 18 heavy (non-hydrogen) atoms. The summed E-state index contributed by atoms with van der Waals surface area (Å²) >= 11 is 16.7. The summed E-state index contributed by atoms with van der Waals surface area (Å²) in [5, 5.41) is 3.41. The average Bonchev–Trinajstić information content (AvgIpc) is 2.82. The van der Waals surface area contributed by atoms with E-state index in [1.807, 2.05) is 24.4 Å². The molecule has 0 N–H and O–H groups in total. The van der Waals surface area contributed by atoms with E-state index in [4.69, 9.17) is 27.9 Å². The summed E-state index contributed by atoms with van der Waals surface area (Å²) in [6, 6.07) is 5.50. The molecule has 0 saturated heterocycles. The number of aromatic nitrogens is 1. The molecule has 2 aromatic rings. The van der Waals surface area contributed by atoms with E-state index in [0.29, 0.717) is 16.7 Å². The van der Waals surface area contributed by atoms with E-state index in [0.717, 1.165) is 15.2 Å². The van der Waals surface area contributed by atoms with E-state index in [1.54, 1.807) is 6.07 Å². The molecule has 0 saturated carbocycles. The molecule has 0 radical (unpaired) electrons. The second-order valence-corrected chi connectivity index (χ2v) is 6.13. The van der Waals surface area contributed by atoms with Crippen molar-refractivity contribution in [2.75, 3.05) is 0 Å². The van der Waals surface area contributed by atoms with Gasteiger partial charge in [0.15, 0.2) is 0 Å². The van der Waals surface area contributed by atoms with Gasteiger partial charge in [-0.2, -0.15) is 0 Å². The molecule has 1 unspecified atom stereocenters. The molecule has 2 nitrogen and oxygen atoms in total. The fraction of sp³-hybridized carbons (Fsp3) is 0.250. The Bertz CT molecular complexity index is 547. The van der Waals surface area contributed by atoms with Gasteiger partial charge in [0.25, 0.3) is 0 Å². The van der Waals surface area contributed by atoms with E-state index >= 15 is 0 Å². The molecule has 1 heterocycles. The number of alkyl halides is 1. The van der Waals surface area contributed by atoms with Gasteiger partial charge in [-0.3, -0.25) is 0 Å². The second-order valence-electron chi connectivity index (χ2n) is 3.65. The number of nitrogens with zero attached hydrogens (tertiary/aromatic N) is 1. The van der Waals surface area contributed by atoms with Crippen LogP contribution in [0, 0.1) is 0 Å². The highest BCUT2D eigenvalue weighted by atomic mass is 79.9. The molecule has 0 fully saturated rings. The summed E-state index contributed by atoms with van der Waals surface area (Å²) in [4.78, 5) is 4.38. The SMILES string of the molecule is CC(Oc1cc(Br)ccc1Cl)c1nc(CCl)cs1. The number of halogens is 3. The molecule has 96 valence electrons. The van der Waals surface area contributed by atoms with Crippen LogP contribution < -0.4 is 4.74 Å². The number of ether oxygens (including phenoxy) is 1. The van der Waals surface area contributed by atoms with E-state index in [1.165, 1.54) is 11.3 Å². The third-order valence-electron chi connectivity index (χ3n) is 2.25. The van der Waals surface area contributed by atoms with Gasteiger partial charge in [-0.1, -0.05) is 27.5 Å². The molecule has 0 bridgehead atoms.